The van der Waals surface area contributed by atoms with Crippen molar-refractivity contribution in [3.63, 3.8) is 0 Å². The summed E-state index contributed by atoms with van der Waals surface area (Å²) < 4.78 is 5.32. The van der Waals surface area contributed by atoms with Gasteiger partial charge in [-0.25, -0.2) is 0 Å². The van der Waals surface area contributed by atoms with E-state index in [9.17, 15) is 9.90 Å². The summed E-state index contributed by atoms with van der Waals surface area (Å²) in [5.74, 6) is 0.451. The fourth-order valence-corrected chi connectivity index (χ4v) is 1.50. The number of ether oxygens (including phenoxy) is 1. The standard InChI is InChI=1S/C12H16O4/c1-9(15)7-10-3-2-4-11(8-14)12(10)16-6-5-13/h2-4,8-9,13,15H,5-7H2,1H3. The highest BCUT2D eigenvalue weighted by Gasteiger charge is 2.11. The highest BCUT2D eigenvalue weighted by Crippen LogP contribution is 2.24. The maximum Gasteiger partial charge on any atom is 0.153 e. The van der Waals surface area contributed by atoms with Gasteiger partial charge in [0.25, 0.3) is 0 Å². The fraction of sp³-hybridized carbons (Fsp3) is 0.417. The molecule has 1 aromatic carbocycles. The second-order valence-corrected chi connectivity index (χ2v) is 3.58. The Kier molecular flexibility index (Phi) is 4.95. The van der Waals surface area contributed by atoms with Crippen LogP contribution in [-0.4, -0.2) is 35.8 Å². The van der Waals surface area contributed by atoms with Crippen molar-refractivity contribution in [3.8, 4) is 5.75 Å². The molecule has 1 aromatic rings. The van der Waals surface area contributed by atoms with E-state index in [1.54, 1.807) is 25.1 Å². The van der Waals surface area contributed by atoms with E-state index in [1.165, 1.54) is 0 Å². The lowest BCUT2D eigenvalue weighted by atomic mass is 10.0. The van der Waals surface area contributed by atoms with Gasteiger partial charge < -0.3 is 14.9 Å². The quantitative estimate of drug-likeness (QED) is 0.701. The van der Waals surface area contributed by atoms with Gasteiger partial charge in [0.05, 0.1) is 18.3 Å². The van der Waals surface area contributed by atoms with Crippen molar-refractivity contribution in [3.05, 3.63) is 29.3 Å². The fourth-order valence-electron chi connectivity index (χ4n) is 1.50. The van der Waals surface area contributed by atoms with Gasteiger partial charge in [-0.2, -0.15) is 0 Å². The molecule has 88 valence electrons. The number of aliphatic hydroxyl groups excluding tert-OH is 2. The first-order chi connectivity index (χ1) is 7.69. The second-order valence-electron chi connectivity index (χ2n) is 3.58. The average Bonchev–Trinajstić information content (AvgIpc) is 2.26. The number of benzene rings is 1. The summed E-state index contributed by atoms with van der Waals surface area (Å²) in [5, 5.41) is 18.0. The molecule has 2 N–H and O–H groups in total. The van der Waals surface area contributed by atoms with Crippen LogP contribution >= 0.6 is 0 Å². The number of hydrogen-bond acceptors (Lipinski definition) is 4. The maximum absolute atomic E-state index is 10.8. The van der Waals surface area contributed by atoms with Crippen molar-refractivity contribution in [2.75, 3.05) is 13.2 Å². The van der Waals surface area contributed by atoms with Crippen LogP contribution in [0, 0.1) is 0 Å². The number of carbonyl (C=O) groups is 1. The highest BCUT2D eigenvalue weighted by atomic mass is 16.5. The molecule has 1 rings (SSSR count). The molecular formula is C12H16O4. The van der Waals surface area contributed by atoms with Crippen LogP contribution in [0.2, 0.25) is 0 Å². The number of aliphatic hydroxyl groups is 2. The van der Waals surface area contributed by atoms with Gasteiger partial charge in [0.2, 0.25) is 0 Å². The first kappa shape index (κ1) is 12.7. The molecule has 0 saturated heterocycles. The SMILES string of the molecule is CC(O)Cc1cccc(C=O)c1OCCO. The molecule has 0 aliphatic rings. The van der Waals surface area contributed by atoms with Crippen molar-refractivity contribution in [1.82, 2.24) is 0 Å². The smallest absolute Gasteiger partial charge is 0.153 e. The van der Waals surface area contributed by atoms with Crippen molar-refractivity contribution >= 4 is 6.29 Å². The zero-order valence-electron chi connectivity index (χ0n) is 9.22. The summed E-state index contributed by atoms with van der Waals surface area (Å²) in [4.78, 5) is 10.8. The van der Waals surface area contributed by atoms with Gasteiger partial charge in [0.1, 0.15) is 12.4 Å². The summed E-state index contributed by atoms with van der Waals surface area (Å²) in [5.41, 5.74) is 1.21. The van der Waals surface area contributed by atoms with Gasteiger partial charge in [0, 0.05) is 6.42 Å². The van der Waals surface area contributed by atoms with E-state index in [1.807, 2.05) is 0 Å². The van der Waals surface area contributed by atoms with E-state index in [2.05, 4.69) is 0 Å². The zero-order chi connectivity index (χ0) is 12.0. The van der Waals surface area contributed by atoms with E-state index in [-0.39, 0.29) is 13.2 Å². The van der Waals surface area contributed by atoms with Crippen LogP contribution in [0.25, 0.3) is 0 Å². The molecule has 0 aromatic heterocycles. The predicted octanol–water partition coefficient (Wildman–Crippen LogP) is 0.793. The lowest BCUT2D eigenvalue weighted by molar-refractivity contribution is 0.111. The predicted molar refractivity (Wildman–Crippen MR) is 59.8 cm³/mol. The molecular weight excluding hydrogens is 208 g/mol. The molecule has 0 aliphatic heterocycles. The Labute approximate surface area is 94.5 Å². The van der Waals surface area contributed by atoms with E-state index < -0.39 is 6.10 Å². The monoisotopic (exact) mass is 224 g/mol. The minimum Gasteiger partial charge on any atom is -0.490 e. The minimum atomic E-state index is -0.502. The summed E-state index contributed by atoms with van der Waals surface area (Å²) in [6.45, 7) is 1.70. The van der Waals surface area contributed by atoms with Gasteiger partial charge in [-0.05, 0) is 18.6 Å². The first-order valence-corrected chi connectivity index (χ1v) is 5.17. The Hall–Kier alpha value is -1.39. The Balaban J connectivity index is 2.99. The Bertz CT molecular complexity index is 347. The van der Waals surface area contributed by atoms with Crippen molar-refractivity contribution in [2.24, 2.45) is 0 Å². The molecule has 0 spiro atoms. The molecule has 0 saturated carbocycles. The molecule has 0 heterocycles. The average molecular weight is 224 g/mol. The zero-order valence-corrected chi connectivity index (χ0v) is 9.22. The van der Waals surface area contributed by atoms with Gasteiger partial charge in [0.15, 0.2) is 6.29 Å². The molecule has 4 heteroatoms. The lowest BCUT2D eigenvalue weighted by Gasteiger charge is -2.13. The molecule has 4 nitrogen and oxygen atoms in total. The van der Waals surface area contributed by atoms with Gasteiger partial charge >= 0.3 is 0 Å². The van der Waals surface area contributed by atoms with Crippen molar-refractivity contribution in [1.29, 1.82) is 0 Å². The number of para-hydroxylation sites is 1. The molecule has 0 amide bonds. The van der Waals surface area contributed by atoms with Gasteiger partial charge in [-0.15, -0.1) is 0 Å². The number of hydrogen-bond donors (Lipinski definition) is 2. The topological polar surface area (TPSA) is 66.8 Å². The van der Waals surface area contributed by atoms with Gasteiger partial charge in [-0.3, -0.25) is 4.79 Å². The highest BCUT2D eigenvalue weighted by molar-refractivity contribution is 5.80. The third-order valence-corrected chi connectivity index (χ3v) is 2.11. The third-order valence-electron chi connectivity index (χ3n) is 2.11. The summed E-state index contributed by atoms with van der Waals surface area (Å²) >= 11 is 0. The normalized spacial score (nSPS) is 12.2. The number of carbonyl (C=O) groups excluding carboxylic acids is 1. The Morgan fingerprint density at radius 2 is 2.25 bits per heavy atom. The van der Waals surface area contributed by atoms with Crippen LogP contribution in [0.1, 0.15) is 22.8 Å². The van der Waals surface area contributed by atoms with E-state index in [0.29, 0.717) is 24.0 Å². The van der Waals surface area contributed by atoms with Crippen LogP contribution in [0.4, 0.5) is 0 Å². The van der Waals surface area contributed by atoms with Crippen LogP contribution in [0.5, 0.6) is 5.75 Å². The third kappa shape index (κ3) is 3.32. The maximum atomic E-state index is 10.8. The number of aldehydes is 1. The first-order valence-electron chi connectivity index (χ1n) is 5.17. The van der Waals surface area contributed by atoms with E-state index >= 15 is 0 Å². The van der Waals surface area contributed by atoms with E-state index in [0.717, 1.165) is 5.56 Å². The summed E-state index contributed by atoms with van der Waals surface area (Å²) in [6, 6.07) is 5.19. The molecule has 0 fully saturated rings. The van der Waals surface area contributed by atoms with Crippen LogP contribution < -0.4 is 4.74 Å². The van der Waals surface area contributed by atoms with Gasteiger partial charge in [-0.1, -0.05) is 12.1 Å². The Morgan fingerprint density at radius 3 is 2.81 bits per heavy atom. The molecule has 16 heavy (non-hydrogen) atoms. The van der Waals surface area contributed by atoms with Crippen LogP contribution in [0.3, 0.4) is 0 Å². The second kappa shape index (κ2) is 6.25. The number of rotatable bonds is 6. The lowest BCUT2D eigenvalue weighted by Crippen LogP contribution is -2.10. The van der Waals surface area contributed by atoms with Crippen molar-refractivity contribution < 1.29 is 19.7 Å². The molecule has 0 aliphatic carbocycles. The summed E-state index contributed by atoms with van der Waals surface area (Å²) in [7, 11) is 0. The largest absolute Gasteiger partial charge is 0.490 e. The minimum absolute atomic E-state index is 0.110. The summed E-state index contributed by atoms with van der Waals surface area (Å²) in [6.07, 6.45) is 0.624. The molecule has 0 bridgehead atoms. The molecule has 1 atom stereocenters. The van der Waals surface area contributed by atoms with Crippen LogP contribution in [-0.2, 0) is 6.42 Å². The van der Waals surface area contributed by atoms with Crippen molar-refractivity contribution in [2.45, 2.75) is 19.4 Å². The Morgan fingerprint density at radius 1 is 1.50 bits per heavy atom. The van der Waals surface area contributed by atoms with Crippen LogP contribution in [0.15, 0.2) is 18.2 Å². The molecule has 0 radical (unpaired) electrons. The molecule has 1 unspecified atom stereocenters. The van der Waals surface area contributed by atoms with E-state index in [4.69, 9.17) is 9.84 Å².